The number of rotatable bonds is 15. The summed E-state index contributed by atoms with van der Waals surface area (Å²) in [5.41, 5.74) is 12.9. The number of carbonyl (C=O) groups excluding carboxylic acids is 3. The van der Waals surface area contributed by atoms with Crippen LogP contribution in [0.1, 0.15) is 121 Å². The first-order valence-corrected chi connectivity index (χ1v) is 21.2. The van der Waals surface area contributed by atoms with Crippen LogP contribution in [0.4, 0.5) is 0 Å². The van der Waals surface area contributed by atoms with Gasteiger partial charge < -0.3 is 25.2 Å². The zero-order chi connectivity index (χ0) is 40.8. The molecule has 9 nitrogen and oxygen atoms in total. The molecule has 1 unspecified atom stereocenters. The van der Waals surface area contributed by atoms with Crippen LogP contribution < -0.4 is 10.5 Å². The van der Waals surface area contributed by atoms with Crippen molar-refractivity contribution in [3.05, 3.63) is 130 Å². The molecule has 58 heavy (non-hydrogen) atoms. The van der Waals surface area contributed by atoms with E-state index in [0.29, 0.717) is 36.3 Å². The van der Waals surface area contributed by atoms with Gasteiger partial charge in [0.25, 0.3) is 5.91 Å². The Labute approximate surface area is 343 Å². The Morgan fingerprint density at radius 1 is 0.931 bits per heavy atom. The largest absolute Gasteiger partial charge is 0.508 e. The van der Waals surface area contributed by atoms with Crippen molar-refractivity contribution in [2.24, 2.45) is 11.7 Å². The molecule has 306 valence electrons. The fourth-order valence-corrected chi connectivity index (χ4v) is 9.43. The minimum absolute atomic E-state index is 0.0106. The van der Waals surface area contributed by atoms with Crippen LogP contribution in [0, 0.1) is 5.92 Å². The van der Waals surface area contributed by atoms with Crippen LogP contribution in [0.25, 0.3) is 0 Å². The Morgan fingerprint density at radius 2 is 1.72 bits per heavy atom. The van der Waals surface area contributed by atoms with Gasteiger partial charge in [0, 0.05) is 37.5 Å². The number of nitrogens with two attached hydrogens (primary N) is 1. The number of fused-ring (bicyclic) bond motifs is 2. The van der Waals surface area contributed by atoms with Crippen LogP contribution in [0.15, 0.2) is 91.0 Å². The number of benzene rings is 4. The average Bonchev–Trinajstić information content (AvgIpc) is 3.52. The molecule has 7 rings (SSSR count). The molecule has 4 aromatic rings. The lowest BCUT2D eigenvalue weighted by Gasteiger charge is -2.35. The number of phenolic OH excluding ortho intramolecular Hbond substituents is 1. The topological polar surface area (TPSA) is 122 Å². The number of phenols is 1. The van der Waals surface area contributed by atoms with Crippen LogP contribution in [0.2, 0.25) is 0 Å². The molecule has 9 heteroatoms. The molecule has 4 atom stereocenters. The highest BCUT2D eigenvalue weighted by atomic mass is 16.6. The predicted molar refractivity (Wildman–Crippen MR) is 226 cm³/mol. The van der Waals surface area contributed by atoms with Crippen molar-refractivity contribution in [3.8, 4) is 11.5 Å². The van der Waals surface area contributed by atoms with Gasteiger partial charge in [-0.25, -0.2) is 0 Å². The van der Waals surface area contributed by atoms with Crippen molar-refractivity contribution in [3.63, 3.8) is 0 Å². The number of aromatic hydroxyl groups is 1. The maximum absolute atomic E-state index is 13.3. The molecule has 2 aliphatic heterocycles. The molecule has 3 N–H and O–H groups in total. The molecule has 0 bridgehead atoms. The fraction of sp³-hybridized carbons (Fsp3) is 0.449. The summed E-state index contributed by atoms with van der Waals surface area (Å²) in [4.78, 5) is 42.0. The van der Waals surface area contributed by atoms with Crippen molar-refractivity contribution < 1.29 is 29.0 Å². The smallest absolute Gasteiger partial charge is 0.306 e. The van der Waals surface area contributed by atoms with Gasteiger partial charge in [-0.15, -0.1) is 0 Å². The highest BCUT2D eigenvalue weighted by molar-refractivity contribution is 6.01. The summed E-state index contributed by atoms with van der Waals surface area (Å²) in [6.07, 6.45) is 7.70. The molecule has 1 saturated heterocycles. The lowest BCUT2D eigenvalue weighted by atomic mass is 9.69. The summed E-state index contributed by atoms with van der Waals surface area (Å²) in [6.45, 7) is 9.40. The number of esters is 1. The molecule has 0 radical (unpaired) electrons. The van der Waals surface area contributed by atoms with Crippen molar-refractivity contribution in [1.82, 2.24) is 9.80 Å². The first-order valence-electron chi connectivity index (χ1n) is 21.2. The Kier molecular flexibility index (Phi) is 12.9. The van der Waals surface area contributed by atoms with Gasteiger partial charge in [-0.1, -0.05) is 60.7 Å². The molecule has 2 heterocycles. The van der Waals surface area contributed by atoms with Crippen molar-refractivity contribution >= 4 is 17.8 Å². The van der Waals surface area contributed by atoms with E-state index >= 15 is 0 Å². The molecule has 0 spiro atoms. The number of primary amides is 1. The summed E-state index contributed by atoms with van der Waals surface area (Å²) in [7, 11) is 0. The molecular formula is C49H59N3O6. The van der Waals surface area contributed by atoms with Gasteiger partial charge in [0.2, 0.25) is 5.91 Å². The molecule has 4 aromatic carbocycles. The van der Waals surface area contributed by atoms with Crippen LogP contribution in [0.5, 0.6) is 11.5 Å². The van der Waals surface area contributed by atoms with Gasteiger partial charge in [0.1, 0.15) is 29.7 Å². The average molecular weight is 786 g/mol. The number of amides is 2. The molecule has 2 amide bonds. The number of ether oxygens (including phenoxy) is 2. The highest BCUT2D eigenvalue weighted by Crippen LogP contribution is 2.47. The van der Waals surface area contributed by atoms with E-state index in [9.17, 15) is 19.5 Å². The molecule has 0 saturated carbocycles. The second kappa shape index (κ2) is 18.2. The number of likely N-dealkylation sites (tertiary alicyclic amines) is 1. The Balaban J connectivity index is 0.870. The van der Waals surface area contributed by atoms with E-state index in [0.717, 1.165) is 63.1 Å². The lowest BCUT2D eigenvalue weighted by molar-refractivity contribution is -0.155. The first-order chi connectivity index (χ1) is 27.9. The standard InChI is InChI=1S/C49H59N3O6/c1-49(2,3)58-45(54)25-24-44(47(50)55)52-32-38-29-33(14-21-43(38)48(52)56)9-7-10-34-11-8-26-51(31-34)27-28-57-40-19-15-36(16-20-40)46-41(35-12-5-4-6-13-35)22-17-37-30-39(53)18-23-42(37)46/h4-6,12-16,18-21,23,29-30,34,41,44,46,53H,7-11,17,22,24-28,31-32H2,1-3H3,(H2,50,55)/t34?,41-,44+,46+/m1/s1. The van der Waals surface area contributed by atoms with Crippen molar-refractivity contribution in [2.45, 2.75) is 109 Å². The molecule has 1 aliphatic carbocycles. The number of hydrogen-bond donors (Lipinski definition) is 2. The number of hydrogen-bond acceptors (Lipinski definition) is 7. The monoisotopic (exact) mass is 785 g/mol. The Hall–Kier alpha value is -5.15. The van der Waals surface area contributed by atoms with Gasteiger partial charge in [-0.3, -0.25) is 19.3 Å². The first kappa shape index (κ1) is 41.0. The third kappa shape index (κ3) is 10.1. The van der Waals surface area contributed by atoms with E-state index in [4.69, 9.17) is 15.2 Å². The molecular weight excluding hydrogens is 727 g/mol. The third-order valence-corrected chi connectivity index (χ3v) is 12.2. The van der Waals surface area contributed by atoms with Crippen LogP contribution in [0.3, 0.4) is 0 Å². The van der Waals surface area contributed by atoms with E-state index in [1.165, 1.54) is 45.6 Å². The maximum atomic E-state index is 13.3. The van der Waals surface area contributed by atoms with Gasteiger partial charge in [-0.05, 0) is 154 Å². The normalized spacial score (nSPS) is 19.9. The summed E-state index contributed by atoms with van der Waals surface area (Å²) in [5.74, 6) is 1.19. The quantitative estimate of drug-likeness (QED) is 0.116. The summed E-state index contributed by atoms with van der Waals surface area (Å²) in [5, 5.41) is 10.2. The van der Waals surface area contributed by atoms with E-state index in [1.807, 2.05) is 24.3 Å². The number of piperidine rings is 1. The second-order valence-corrected chi connectivity index (χ2v) is 17.5. The number of aryl methyl sites for hydroxylation is 2. The van der Waals surface area contributed by atoms with E-state index in [2.05, 4.69) is 71.6 Å². The SMILES string of the molecule is CC(C)(C)OC(=O)CC[C@@H](C(N)=O)N1Cc2cc(CCCC3CCCN(CCOc4ccc([C@@H]5c6ccc(O)cc6CC[C@@H]5c5ccccc5)cc4)C3)ccc2C1=O. The van der Waals surface area contributed by atoms with Crippen molar-refractivity contribution in [1.29, 1.82) is 0 Å². The van der Waals surface area contributed by atoms with E-state index < -0.39 is 23.5 Å². The minimum Gasteiger partial charge on any atom is -0.508 e. The van der Waals surface area contributed by atoms with E-state index in [-0.39, 0.29) is 24.7 Å². The zero-order valence-corrected chi connectivity index (χ0v) is 34.3. The Bertz CT molecular complexity index is 2060. The summed E-state index contributed by atoms with van der Waals surface area (Å²) >= 11 is 0. The molecule has 3 aliphatic rings. The second-order valence-electron chi connectivity index (χ2n) is 17.5. The number of carbonyl (C=O) groups is 3. The fourth-order valence-electron chi connectivity index (χ4n) is 9.43. The third-order valence-electron chi connectivity index (χ3n) is 12.2. The molecule has 1 fully saturated rings. The minimum atomic E-state index is -0.869. The van der Waals surface area contributed by atoms with E-state index in [1.54, 1.807) is 20.8 Å². The van der Waals surface area contributed by atoms with Crippen LogP contribution in [-0.4, -0.2) is 70.6 Å². The van der Waals surface area contributed by atoms with Crippen LogP contribution >= 0.6 is 0 Å². The molecule has 0 aromatic heterocycles. The zero-order valence-electron chi connectivity index (χ0n) is 34.3. The summed E-state index contributed by atoms with van der Waals surface area (Å²) in [6, 6.07) is 30.4. The predicted octanol–water partition coefficient (Wildman–Crippen LogP) is 8.30. The van der Waals surface area contributed by atoms with Gasteiger partial charge in [0.15, 0.2) is 0 Å². The van der Waals surface area contributed by atoms with Gasteiger partial charge >= 0.3 is 5.97 Å². The number of nitrogens with zero attached hydrogens (tertiary/aromatic N) is 2. The highest BCUT2D eigenvalue weighted by Gasteiger charge is 2.36. The summed E-state index contributed by atoms with van der Waals surface area (Å²) < 4.78 is 11.7. The van der Waals surface area contributed by atoms with Crippen LogP contribution in [-0.2, 0) is 33.7 Å². The van der Waals surface area contributed by atoms with Gasteiger partial charge in [-0.2, -0.15) is 0 Å². The van der Waals surface area contributed by atoms with Crippen molar-refractivity contribution in [2.75, 3.05) is 26.2 Å². The van der Waals surface area contributed by atoms with Gasteiger partial charge in [0.05, 0.1) is 0 Å². The lowest BCUT2D eigenvalue weighted by Crippen LogP contribution is -2.45. The Morgan fingerprint density at radius 3 is 2.48 bits per heavy atom. The maximum Gasteiger partial charge on any atom is 0.306 e.